The summed E-state index contributed by atoms with van der Waals surface area (Å²) in [6, 6.07) is 0. The minimum absolute atomic E-state index is 0.193. The molecule has 1 atom stereocenters. The van der Waals surface area contributed by atoms with Gasteiger partial charge in [-0.15, -0.1) is 0 Å². The lowest BCUT2D eigenvalue weighted by Crippen LogP contribution is -2.47. The maximum absolute atomic E-state index is 11.7. The summed E-state index contributed by atoms with van der Waals surface area (Å²) in [4.78, 5) is 12.5. The van der Waals surface area contributed by atoms with Crippen LogP contribution in [0.4, 0.5) is 18.0 Å². The first-order chi connectivity index (χ1) is 7.52. The van der Waals surface area contributed by atoms with Crippen LogP contribution in [0, 0.1) is 0 Å². The maximum Gasteiger partial charge on any atom is 0.422 e. The molecule has 0 aromatic carbocycles. The van der Waals surface area contributed by atoms with E-state index in [1.807, 2.05) is 0 Å². The number of alkyl carbamates (subject to hydrolysis) is 1. The summed E-state index contributed by atoms with van der Waals surface area (Å²) < 4.78 is 39.0. The Morgan fingerprint density at radius 3 is 2.35 bits per heavy atom. The van der Waals surface area contributed by atoms with Gasteiger partial charge in [0.25, 0.3) is 0 Å². The Hall–Kier alpha value is -1.02. The van der Waals surface area contributed by atoms with Crippen LogP contribution in [0.5, 0.6) is 0 Å². The number of nitrogens with zero attached hydrogens (tertiary/aromatic N) is 1. The van der Waals surface area contributed by atoms with Crippen LogP contribution in [0.2, 0.25) is 0 Å². The molecule has 0 aliphatic rings. The van der Waals surface area contributed by atoms with Gasteiger partial charge < -0.3 is 20.1 Å². The van der Waals surface area contributed by atoms with Crippen molar-refractivity contribution in [2.24, 2.45) is 0 Å². The zero-order valence-electron chi connectivity index (χ0n) is 9.97. The maximum atomic E-state index is 11.7. The number of hydrogen-bond acceptors (Lipinski definition) is 4. The molecule has 0 bridgehead atoms. The SMILES string of the molecule is CN(C)CC(C)(O)CNC(=O)OCC(F)(F)F. The standard InChI is InChI=1S/C9H17F3N2O3/c1-8(16,5-14(2)3)4-13-7(15)17-6-9(10,11)12/h16H,4-6H2,1-3H3,(H,13,15). The van der Waals surface area contributed by atoms with Crippen LogP contribution in [0.1, 0.15) is 6.92 Å². The van der Waals surface area contributed by atoms with Gasteiger partial charge in [0.1, 0.15) is 0 Å². The third-order valence-corrected chi connectivity index (χ3v) is 1.64. The Morgan fingerprint density at radius 2 is 1.94 bits per heavy atom. The Labute approximate surface area is 97.5 Å². The molecule has 0 radical (unpaired) electrons. The molecule has 0 heterocycles. The van der Waals surface area contributed by atoms with Crippen molar-refractivity contribution in [1.82, 2.24) is 10.2 Å². The van der Waals surface area contributed by atoms with Crippen molar-refractivity contribution < 1.29 is 27.8 Å². The van der Waals surface area contributed by atoms with Crippen LogP contribution in [-0.2, 0) is 4.74 Å². The van der Waals surface area contributed by atoms with Crippen molar-refractivity contribution in [1.29, 1.82) is 0 Å². The largest absolute Gasteiger partial charge is 0.440 e. The highest BCUT2D eigenvalue weighted by Crippen LogP contribution is 2.14. The fourth-order valence-electron chi connectivity index (χ4n) is 1.20. The fraction of sp³-hybridized carbons (Fsp3) is 0.889. The molecule has 5 nitrogen and oxygen atoms in total. The van der Waals surface area contributed by atoms with E-state index in [1.165, 1.54) is 6.92 Å². The molecule has 0 fully saturated rings. The van der Waals surface area contributed by atoms with Gasteiger partial charge >= 0.3 is 12.3 Å². The van der Waals surface area contributed by atoms with E-state index in [9.17, 15) is 23.1 Å². The van der Waals surface area contributed by atoms with Crippen molar-refractivity contribution in [3.63, 3.8) is 0 Å². The van der Waals surface area contributed by atoms with Gasteiger partial charge in [-0.25, -0.2) is 4.79 Å². The molecular weight excluding hydrogens is 241 g/mol. The quantitative estimate of drug-likeness (QED) is 0.757. The topological polar surface area (TPSA) is 61.8 Å². The molecule has 1 unspecified atom stereocenters. The van der Waals surface area contributed by atoms with E-state index in [2.05, 4.69) is 10.1 Å². The summed E-state index contributed by atoms with van der Waals surface area (Å²) in [5.41, 5.74) is -1.24. The monoisotopic (exact) mass is 258 g/mol. The lowest BCUT2D eigenvalue weighted by Gasteiger charge is -2.26. The van der Waals surface area contributed by atoms with E-state index in [0.29, 0.717) is 0 Å². The van der Waals surface area contributed by atoms with Gasteiger partial charge in [-0.3, -0.25) is 0 Å². The number of likely N-dealkylation sites (N-methyl/N-ethyl adjacent to an activating group) is 1. The Kier molecular flexibility index (Phi) is 5.70. The van der Waals surface area contributed by atoms with Crippen LogP contribution < -0.4 is 5.32 Å². The molecule has 1 amide bonds. The Balaban J connectivity index is 3.91. The van der Waals surface area contributed by atoms with Crippen molar-refractivity contribution >= 4 is 6.09 Å². The molecule has 0 rings (SSSR count). The highest BCUT2D eigenvalue weighted by atomic mass is 19.4. The molecule has 8 heteroatoms. The lowest BCUT2D eigenvalue weighted by atomic mass is 10.1. The summed E-state index contributed by atoms with van der Waals surface area (Å²) in [6.45, 7) is -0.125. The Bertz CT molecular complexity index is 254. The molecule has 17 heavy (non-hydrogen) atoms. The van der Waals surface area contributed by atoms with Crippen molar-refractivity contribution in [2.75, 3.05) is 33.8 Å². The predicted octanol–water partition coefficient (Wildman–Crippen LogP) is 0.587. The first-order valence-corrected chi connectivity index (χ1v) is 4.86. The molecule has 2 N–H and O–H groups in total. The summed E-state index contributed by atoms with van der Waals surface area (Å²) in [5, 5.41) is 11.8. The molecule has 0 spiro atoms. The van der Waals surface area contributed by atoms with Gasteiger partial charge in [0.15, 0.2) is 6.61 Å². The highest BCUT2D eigenvalue weighted by molar-refractivity contribution is 5.67. The second kappa shape index (κ2) is 6.06. The third-order valence-electron chi connectivity index (χ3n) is 1.64. The molecule has 0 aliphatic carbocycles. The number of carbonyl (C=O) groups is 1. The van der Waals surface area contributed by atoms with E-state index >= 15 is 0 Å². The fourth-order valence-corrected chi connectivity index (χ4v) is 1.20. The smallest absolute Gasteiger partial charge is 0.422 e. The first kappa shape index (κ1) is 16.0. The van der Waals surface area contributed by atoms with Crippen LogP contribution in [0.15, 0.2) is 0 Å². The second-order valence-corrected chi connectivity index (χ2v) is 4.28. The normalized spacial score (nSPS) is 15.5. The average molecular weight is 258 g/mol. The van der Waals surface area contributed by atoms with Gasteiger partial charge in [-0.05, 0) is 21.0 Å². The summed E-state index contributed by atoms with van der Waals surface area (Å²) in [6.07, 6.45) is -5.76. The van der Waals surface area contributed by atoms with Crippen LogP contribution in [-0.4, -0.2) is 61.7 Å². The van der Waals surface area contributed by atoms with Crippen molar-refractivity contribution in [3.8, 4) is 0 Å². The van der Waals surface area contributed by atoms with Crippen LogP contribution in [0.25, 0.3) is 0 Å². The average Bonchev–Trinajstić information content (AvgIpc) is 2.08. The van der Waals surface area contributed by atoms with E-state index in [1.54, 1.807) is 19.0 Å². The van der Waals surface area contributed by atoms with Crippen molar-refractivity contribution in [2.45, 2.75) is 18.7 Å². The molecule has 102 valence electrons. The number of ether oxygens (including phenoxy) is 1. The molecule has 0 aromatic heterocycles. The number of halogens is 3. The van der Waals surface area contributed by atoms with Gasteiger partial charge in [0, 0.05) is 6.54 Å². The first-order valence-electron chi connectivity index (χ1n) is 4.86. The lowest BCUT2D eigenvalue weighted by molar-refractivity contribution is -0.160. The number of amides is 1. The van der Waals surface area contributed by atoms with E-state index in [4.69, 9.17) is 0 Å². The summed E-state index contributed by atoms with van der Waals surface area (Å²) >= 11 is 0. The van der Waals surface area contributed by atoms with Crippen LogP contribution >= 0.6 is 0 Å². The van der Waals surface area contributed by atoms with E-state index < -0.39 is 24.5 Å². The van der Waals surface area contributed by atoms with Crippen molar-refractivity contribution in [3.05, 3.63) is 0 Å². The predicted molar refractivity (Wildman–Crippen MR) is 54.6 cm³/mol. The minimum atomic E-state index is -4.55. The molecule has 0 aliphatic heterocycles. The number of alkyl halides is 3. The van der Waals surface area contributed by atoms with Crippen LogP contribution in [0.3, 0.4) is 0 Å². The zero-order chi connectivity index (χ0) is 13.7. The second-order valence-electron chi connectivity index (χ2n) is 4.28. The highest BCUT2D eigenvalue weighted by Gasteiger charge is 2.30. The van der Waals surface area contributed by atoms with Gasteiger partial charge in [0.2, 0.25) is 0 Å². The summed E-state index contributed by atoms with van der Waals surface area (Å²) in [5.74, 6) is 0. The molecule has 0 aromatic rings. The number of nitrogens with one attached hydrogen (secondary N) is 1. The van der Waals surface area contributed by atoms with Gasteiger partial charge in [-0.2, -0.15) is 13.2 Å². The number of aliphatic hydroxyl groups is 1. The summed E-state index contributed by atoms with van der Waals surface area (Å²) in [7, 11) is 3.44. The number of rotatable bonds is 5. The minimum Gasteiger partial charge on any atom is -0.440 e. The van der Waals surface area contributed by atoms with Gasteiger partial charge in [-0.1, -0.05) is 0 Å². The molecular formula is C9H17F3N2O3. The van der Waals surface area contributed by atoms with E-state index in [-0.39, 0.29) is 13.1 Å². The molecule has 0 saturated carbocycles. The van der Waals surface area contributed by atoms with Gasteiger partial charge in [0.05, 0.1) is 12.1 Å². The number of hydrogen-bond donors (Lipinski definition) is 2. The van der Waals surface area contributed by atoms with E-state index in [0.717, 1.165) is 0 Å². The Morgan fingerprint density at radius 1 is 1.41 bits per heavy atom. The zero-order valence-corrected chi connectivity index (χ0v) is 9.97. The molecule has 0 saturated heterocycles. The third kappa shape index (κ3) is 9.88. The number of carbonyl (C=O) groups excluding carboxylic acids is 1.